The maximum Gasteiger partial charge on any atom is 0.241 e. The van der Waals surface area contributed by atoms with Gasteiger partial charge in [0.05, 0.1) is 17.8 Å². The lowest BCUT2D eigenvalue weighted by Gasteiger charge is -2.12. The minimum absolute atomic E-state index is 0.0161. The van der Waals surface area contributed by atoms with Crippen LogP contribution in [0, 0.1) is 0 Å². The van der Waals surface area contributed by atoms with Gasteiger partial charge in [-0.15, -0.1) is 0 Å². The lowest BCUT2D eigenvalue weighted by atomic mass is 10.1. The fourth-order valence-corrected chi connectivity index (χ4v) is 2.67. The maximum atomic E-state index is 12.1. The van der Waals surface area contributed by atoms with Gasteiger partial charge in [-0.25, -0.2) is 0 Å². The van der Waals surface area contributed by atoms with Gasteiger partial charge in [-0.1, -0.05) is 42.5 Å². The van der Waals surface area contributed by atoms with Crippen molar-refractivity contribution in [2.75, 3.05) is 6.54 Å². The van der Waals surface area contributed by atoms with Crippen molar-refractivity contribution in [2.24, 2.45) is 0 Å². The van der Waals surface area contributed by atoms with Crippen LogP contribution in [0.15, 0.2) is 65.6 Å². The summed E-state index contributed by atoms with van der Waals surface area (Å²) in [7, 11) is 0. The normalized spacial score (nSPS) is 12.0. The molecule has 0 bridgehead atoms. The Kier molecular flexibility index (Phi) is 5.20. The summed E-state index contributed by atoms with van der Waals surface area (Å²) in [5, 5.41) is 17.4. The van der Waals surface area contributed by atoms with Gasteiger partial charge < -0.3 is 10.4 Å². The van der Waals surface area contributed by atoms with E-state index in [1.165, 1.54) is 10.9 Å². The lowest BCUT2D eigenvalue weighted by molar-refractivity contribution is -0.121. The summed E-state index contributed by atoms with van der Waals surface area (Å²) >= 11 is 0. The van der Waals surface area contributed by atoms with E-state index in [0.29, 0.717) is 23.9 Å². The molecule has 0 radical (unpaired) electrons. The Bertz CT molecular complexity index is 922. The van der Waals surface area contributed by atoms with E-state index >= 15 is 0 Å². The topological polar surface area (TPSA) is 84.2 Å². The second kappa shape index (κ2) is 7.72. The number of carbonyl (C=O) groups excluding carboxylic acids is 1. The Labute approximate surface area is 144 Å². The fourth-order valence-electron chi connectivity index (χ4n) is 2.67. The van der Waals surface area contributed by atoms with Gasteiger partial charge in [-0.05, 0) is 24.1 Å². The molecule has 0 aliphatic carbocycles. The molecule has 2 aromatic carbocycles. The molecule has 0 spiro atoms. The summed E-state index contributed by atoms with van der Waals surface area (Å²) in [5.41, 5.74) is 1.28. The molecular weight excluding hydrogens is 318 g/mol. The molecule has 1 amide bonds. The summed E-state index contributed by atoms with van der Waals surface area (Å²) in [4.78, 5) is 23.9. The van der Waals surface area contributed by atoms with Crippen LogP contribution in [0.3, 0.4) is 0 Å². The van der Waals surface area contributed by atoms with E-state index in [2.05, 4.69) is 10.4 Å². The second-order valence-corrected chi connectivity index (χ2v) is 5.75. The van der Waals surface area contributed by atoms with Crippen molar-refractivity contribution in [3.63, 3.8) is 0 Å². The second-order valence-electron chi connectivity index (χ2n) is 5.75. The summed E-state index contributed by atoms with van der Waals surface area (Å²) in [5.74, 6) is -0.221. The number of hydrogen-bond donors (Lipinski definition) is 2. The third kappa shape index (κ3) is 4.10. The molecule has 128 valence electrons. The van der Waals surface area contributed by atoms with Crippen molar-refractivity contribution in [1.82, 2.24) is 15.1 Å². The molecule has 2 N–H and O–H groups in total. The Morgan fingerprint density at radius 2 is 1.84 bits per heavy atom. The average Bonchev–Trinajstić information content (AvgIpc) is 2.65. The first-order valence-electron chi connectivity index (χ1n) is 8.10. The summed E-state index contributed by atoms with van der Waals surface area (Å²) in [6, 6.07) is 16.4. The monoisotopic (exact) mass is 337 g/mol. The van der Waals surface area contributed by atoms with Gasteiger partial charge in [-0.2, -0.15) is 5.10 Å². The molecule has 1 heterocycles. The smallest absolute Gasteiger partial charge is 0.241 e. The van der Waals surface area contributed by atoms with Crippen molar-refractivity contribution < 1.29 is 9.90 Å². The molecule has 0 saturated heterocycles. The molecular formula is C19H19N3O3. The minimum Gasteiger partial charge on any atom is -0.388 e. The van der Waals surface area contributed by atoms with Gasteiger partial charge in [0.25, 0.3) is 0 Å². The van der Waals surface area contributed by atoms with E-state index in [4.69, 9.17) is 0 Å². The zero-order valence-corrected chi connectivity index (χ0v) is 13.6. The van der Waals surface area contributed by atoms with E-state index in [1.807, 2.05) is 30.3 Å². The van der Waals surface area contributed by atoms with Crippen LogP contribution >= 0.6 is 0 Å². The number of benzene rings is 2. The quantitative estimate of drug-likeness (QED) is 0.716. The van der Waals surface area contributed by atoms with E-state index in [-0.39, 0.29) is 17.9 Å². The largest absolute Gasteiger partial charge is 0.388 e. The number of nitrogens with zero attached hydrogens (tertiary/aromatic N) is 2. The standard InChI is InChI=1S/C19H19N3O3/c23-17(14-6-2-1-3-7-14)10-11-20-19(25)13-22-16-9-5-4-8-15(16)18(24)12-21-22/h1-9,12,17,23H,10-11,13H2,(H,20,25). The van der Waals surface area contributed by atoms with Crippen molar-refractivity contribution >= 4 is 16.8 Å². The predicted molar refractivity (Wildman–Crippen MR) is 95.0 cm³/mol. The van der Waals surface area contributed by atoms with Gasteiger partial charge in [-0.3, -0.25) is 14.3 Å². The molecule has 1 unspecified atom stereocenters. The Hall–Kier alpha value is -2.99. The van der Waals surface area contributed by atoms with Crippen LogP contribution in [0.2, 0.25) is 0 Å². The molecule has 6 nitrogen and oxygen atoms in total. The summed E-state index contributed by atoms with van der Waals surface area (Å²) < 4.78 is 1.50. The van der Waals surface area contributed by atoms with Crippen LogP contribution in [0.25, 0.3) is 10.9 Å². The molecule has 1 aromatic heterocycles. The molecule has 0 fully saturated rings. The van der Waals surface area contributed by atoms with Crippen LogP contribution in [0.4, 0.5) is 0 Å². The van der Waals surface area contributed by atoms with Crippen molar-refractivity contribution in [3.8, 4) is 0 Å². The van der Waals surface area contributed by atoms with Gasteiger partial charge in [0.1, 0.15) is 6.54 Å². The molecule has 0 aliphatic rings. The average molecular weight is 337 g/mol. The highest BCUT2D eigenvalue weighted by Crippen LogP contribution is 2.14. The fraction of sp³-hybridized carbons (Fsp3) is 0.211. The number of nitrogens with one attached hydrogen (secondary N) is 1. The van der Waals surface area contributed by atoms with Crippen molar-refractivity contribution in [3.05, 3.63) is 76.6 Å². The van der Waals surface area contributed by atoms with E-state index in [0.717, 1.165) is 5.56 Å². The van der Waals surface area contributed by atoms with Crippen molar-refractivity contribution in [2.45, 2.75) is 19.1 Å². The van der Waals surface area contributed by atoms with Crippen LogP contribution in [0.5, 0.6) is 0 Å². The minimum atomic E-state index is -0.618. The number of amides is 1. The van der Waals surface area contributed by atoms with Crippen LogP contribution in [0.1, 0.15) is 18.1 Å². The Morgan fingerprint density at radius 1 is 1.12 bits per heavy atom. The first-order chi connectivity index (χ1) is 12.1. The lowest BCUT2D eigenvalue weighted by Crippen LogP contribution is -2.30. The molecule has 6 heteroatoms. The number of carbonyl (C=O) groups is 1. The zero-order chi connectivity index (χ0) is 17.6. The number of para-hydroxylation sites is 1. The third-order valence-corrected chi connectivity index (χ3v) is 3.98. The van der Waals surface area contributed by atoms with Gasteiger partial charge in [0.2, 0.25) is 11.3 Å². The summed E-state index contributed by atoms with van der Waals surface area (Å²) in [6.07, 6.45) is 1.02. The Balaban J connectivity index is 1.58. The number of aliphatic hydroxyl groups is 1. The highest BCUT2D eigenvalue weighted by atomic mass is 16.3. The number of aliphatic hydroxyl groups excluding tert-OH is 1. The van der Waals surface area contributed by atoms with Crippen LogP contribution in [-0.2, 0) is 11.3 Å². The first kappa shape index (κ1) is 16.9. The highest BCUT2D eigenvalue weighted by Gasteiger charge is 2.10. The zero-order valence-electron chi connectivity index (χ0n) is 13.6. The third-order valence-electron chi connectivity index (χ3n) is 3.98. The van der Waals surface area contributed by atoms with Gasteiger partial charge >= 0.3 is 0 Å². The number of hydrogen-bond acceptors (Lipinski definition) is 4. The Morgan fingerprint density at radius 3 is 2.64 bits per heavy atom. The van der Waals surface area contributed by atoms with Gasteiger partial charge in [0.15, 0.2) is 0 Å². The van der Waals surface area contributed by atoms with E-state index in [9.17, 15) is 14.7 Å². The molecule has 0 aliphatic heterocycles. The number of rotatable bonds is 6. The van der Waals surface area contributed by atoms with Gasteiger partial charge in [0, 0.05) is 11.9 Å². The molecule has 3 aromatic rings. The summed E-state index contributed by atoms with van der Waals surface area (Å²) in [6.45, 7) is 0.370. The highest BCUT2D eigenvalue weighted by molar-refractivity contribution is 5.81. The number of aromatic nitrogens is 2. The maximum absolute atomic E-state index is 12.1. The molecule has 1 atom stereocenters. The van der Waals surface area contributed by atoms with Crippen molar-refractivity contribution in [1.29, 1.82) is 0 Å². The number of fused-ring (bicyclic) bond motifs is 1. The SMILES string of the molecule is O=C(Cn1ncc(=O)c2ccccc21)NCCC(O)c1ccccc1. The molecule has 3 rings (SSSR count). The predicted octanol–water partition coefficient (Wildman–Crippen LogP) is 1.64. The van der Waals surface area contributed by atoms with Crippen LogP contribution < -0.4 is 10.7 Å². The van der Waals surface area contributed by atoms with E-state index in [1.54, 1.807) is 24.3 Å². The van der Waals surface area contributed by atoms with E-state index < -0.39 is 6.10 Å². The van der Waals surface area contributed by atoms with Crippen LogP contribution in [-0.4, -0.2) is 27.3 Å². The molecule has 0 saturated carbocycles. The first-order valence-corrected chi connectivity index (χ1v) is 8.10. The molecule has 25 heavy (non-hydrogen) atoms.